The van der Waals surface area contributed by atoms with Crippen LogP contribution in [-0.4, -0.2) is 82.0 Å². The average Bonchev–Trinajstić information content (AvgIpc) is 3.33. The van der Waals surface area contributed by atoms with Crippen LogP contribution < -0.4 is 10.1 Å². The van der Waals surface area contributed by atoms with Gasteiger partial charge in [0.2, 0.25) is 0 Å². The number of hydrogen-bond acceptors (Lipinski definition) is 7. The summed E-state index contributed by atoms with van der Waals surface area (Å²) in [5.41, 5.74) is 2.88. The number of likely N-dealkylation sites (N-methyl/N-ethyl adjacent to an activating group) is 1. The average molecular weight is 458 g/mol. The summed E-state index contributed by atoms with van der Waals surface area (Å²) in [4.78, 5) is 33.5. The maximum absolute atomic E-state index is 12.8. The molecule has 3 heterocycles. The highest BCUT2D eigenvalue weighted by atomic mass is 16.5. The Morgan fingerprint density at radius 3 is 2.56 bits per heavy atom. The van der Waals surface area contributed by atoms with E-state index >= 15 is 0 Å². The normalized spacial score (nSPS) is 14.3. The fourth-order valence-corrected chi connectivity index (χ4v) is 3.92. The zero-order valence-electron chi connectivity index (χ0n) is 19.1. The Kier molecular flexibility index (Phi) is 6.35. The number of nitrogens with one attached hydrogen (secondary N) is 2. The van der Waals surface area contributed by atoms with Crippen LogP contribution in [-0.2, 0) is 0 Å². The van der Waals surface area contributed by atoms with Gasteiger partial charge in [0.1, 0.15) is 30.0 Å². The number of nitrogens with zero attached hydrogens (tertiary/aromatic N) is 5. The largest absolute Gasteiger partial charge is 0.492 e. The summed E-state index contributed by atoms with van der Waals surface area (Å²) >= 11 is 0. The molecule has 0 aliphatic carbocycles. The molecule has 5 rings (SSSR count). The predicted octanol–water partition coefficient (Wildman–Crippen LogP) is 2.90. The van der Waals surface area contributed by atoms with Gasteiger partial charge in [-0.05, 0) is 31.3 Å². The van der Waals surface area contributed by atoms with Crippen LogP contribution in [0.4, 0.5) is 5.82 Å². The van der Waals surface area contributed by atoms with Gasteiger partial charge in [-0.15, -0.1) is 0 Å². The molecule has 0 bridgehead atoms. The van der Waals surface area contributed by atoms with E-state index in [0.717, 1.165) is 43.0 Å². The minimum Gasteiger partial charge on any atom is -0.492 e. The Morgan fingerprint density at radius 2 is 1.79 bits per heavy atom. The van der Waals surface area contributed by atoms with E-state index in [1.165, 1.54) is 6.33 Å². The SMILES string of the molecule is CN1CCN(C(=O)c2ccc(-c3nc4ncnc(NCCOc5ccccc5)c4[nH]3)cc2)CC1. The molecule has 1 fully saturated rings. The Hall–Kier alpha value is -3.98. The molecule has 2 aromatic carbocycles. The topological polar surface area (TPSA) is 99.3 Å². The molecule has 4 aromatic rings. The third kappa shape index (κ3) is 4.84. The lowest BCUT2D eigenvalue weighted by Crippen LogP contribution is -2.47. The van der Waals surface area contributed by atoms with E-state index < -0.39 is 0 Å². The third-order valence-corrected chi connectivity index (χ3v) is 5.89. The second-order valence-electron chi connectivity index (χ2n) is 8.27. The maximum atomic E-state index is 12.8. The van der Waals surface area contributed by atoms with Crippen molar-refractivity contribution in [1.29, 1.82) is 0 Å². The monoisotopic (exact) mass is 457 g/mol. The molecule has 0 unspecified atom stereocenters. The zero-order chi connectivity index (χ0) is 23.3. The first-order valence-electron chi connectivity index (χ1n) is 11.4. The van der Waals surface area contributed by atoms with Crippen LogP contribution in [0.1, 0.15) is 10.4 Å². The standard InChI is InChI=1S/C25H27N7O2/c1-31-12-14-32(15-13-31)25(33)19-9-7-18(8-10-19)22-29-21-23(27-17-28-24(21)30-22)26-11-16-34-20-5-3-2-4-6-20/h2-10,17H,11-16H2,1H3,(H2,26,27,28,29,30). The van der Waals surface area contributed by atoms with Gasteiger partial charge in [0.25, 0.3) is 5.91 Å². The first kappa shape index (κ1) is 21.8. The van der Waals surface area contributed by atoms with Crippen molar-refractivity contribution < 1.29 is 9.53 Å². The van der Waals surface area contributed by atoms with Crippen LogP contribution in [0.3, 0.4) is 0 Å². The Morgan fingerprint density at radius 1 is 1.03 bits per heavy atom. The summed E-state index contributed by atoms with van der Waals surface area (Å²) in [6.07, 6.45) is 1.49. The van der Waals surface area contributed by atoms with Gasteiger partial charge in [0.15, 0.2) is 11.5 Å². The van der Waals surface area contributed by atoms with E-state index in [0.29, 0.717) is 36.0 Å². The van der Waals surface area contributed by atoms with Crippen LogP contribution in [0.2, 0.25) is 0 Å². The van der Waals surface area contributed by atoms with Gasteiger partial charge in [0.05, 0.1) is 6.54 Å². The van der Waals surface area contributed by atoms with Crippen LogP contribution in [0, 0.1) is 0 Å². The van der Waals surface area contributed by atoms with Gasteiger partial charge in [0, 0.05) is 37.3 Å². The molecule has 2 aromatic heterocycles. The molecule has 0 radical (unpaired) electrons. The molecule has 9 heteroatoms. The van der Waals surface area contributed by atoms with Gasteiger partial charge >= 0.3 is 0 Å². The molecule has 34 heavy (non-hydrogen) atoms. The molecule has 1 aliphatic heterocycles. The zero-order valence-corrected chi connectivity index (χ0v) is 19.1. The van der Waals surface area contributed by atoms with E-state index in [4.69, 9.17) is 4.74 Å². The van der Waals surface area contributed by atoms with Crippen molar-refractivity contribution in [3.8, 4) is 17.1 Å². The van der Waals surface area contributed by atoms with Crippen molar-refractivity contribution in [1.82, 2.24) is 29.7 Å². The van der Waals surface area contributed by atoms with Gasteiger partial charge in [-0.25, -0.2) is 15.0 Å². The predicted molar refractivity (Wildman–Crippen MR) is 131 cm³/mol. The third-order valence-electron chi connectivity index (χ3n) is 5.89. The Labute approximate surface area is 197 Å². The van der Waals surface area contributed by atoms with Crippen LogP contribution >= 0.6 is 0 Å². The van der Waals surface area contributed by atoms with E-state index in [1.54, 1.807) is 0 Å². The minimum atomic E-state index is 0.0688. The molecule has 0 atom stereocenters. The van der Waals surface area contributed by atoms with Crippen LogP contribution in [0.15, 0.2) is 60.9 Å². The Balaban J connectivity index is 1.25. The fourth-order valence-electron chi connectivity index (χ4n) is 3.92. The number of aromatic amines is 1. The van der Waals surface area contributed by atoms with E-state index in [-0.39, 0.29) is 5.91 Å². The van der Waals surface area contributed by atoms with Crippen molar-refractivity contribution in [2.45, 2.75) is 0 Å². The van der Waals surface area contributed by atoms with Crippen molar-refractivity contribution in [2.75, 3.05) is 51.7 Å². The number of para-hydroxylation sites is 1. The maximum Gasteiger partial charge on any atom is 0.253 e. The van der Waals surface area contributed by atoms with Crippen LogP contribution in [0.5, 0.6) is 5.75 Å². The molecule has 1 saturated heterocycles. The quantitative estimate of drug-likeness (QED) is 0.412. The number of amides is 1. The number of ether oxygens (including phenoxy) is 1. The molecule has 0 spiro atoms. The van der Waals surface area contributed by atoms with E-state index in [2.05, 4.69) is 37.2 Å². The summed E-state index contributed by atoms with van der Waals surface area (Å²) < 4.78 is 5.73. The lowest BCUT2D eigenvalue weighted by Gasteiger charge is -2.32. The number of anilines is 1. The molecule has 2 N–H and O–H groups in total. The summed E-state index contributed by atoms with van der Waals surface area (Å²) in [5, 5.41) is 3.29. The lowest BCUT2D eigenvalue weighted by molar-refractivity contribution is 0.0664. The van der Waals surface area contributed by atoms with Gasteiger partial charge in [-0.2, -0.15) is 0 Å². The van der Waals surface area contributed by atoms with Crippen molar-refractivity contribution >= 4 is 22.9 Å². The van der Waals surface area contributed by atoms with Crippen molar-refractivity contribution in [3.05, 3.63) is 66.5 Å². The molecule has 1 aliphatic rings. The highest BCUT2D eigenvalue weighted by Gasteiger charge is 2.20. The van der Waals surface area contributed by atoms with Crippen LogP contribution in [0.25, 0.3) is 22.6 Å². The van der Waals surface area contributed by atoms with Gasteiger partial charge in [-0.3, -0.25) is 4.79 Å². The number of imidazole rings is 1. The summed E-state index contributed by atoms with van der Waals surface area (Å²) in [7, 11) is 2.08. The number of rotatable bonds is 7. The smallest absolute Gasteiger partial charge is 0.253 e. The van der Waals surface area contributed by atoms with Crippen molar-refractivity contribution in [2.24, 2.45) is 0 Å². The second kappa shape index (κ2) is 9.88. The molecule has 9 nitrogen and oxygen atoms in total. The highest BCUT2D eigenvalue weighted by molar-refractivity contribution is 5.95. The highest BCUT2D eigenvalue weighted by Crippen LogP contribution is 2.23. The van der Waals surface area contributed by atoms with E-state index in [9.17, 15) is 4.79 Å². The first-order valence-corrected chi connectivity index (χ1v) is 11.4. The number of aromatic nitrogens is 4. The molecular formula is C25H27N7O2. The van der Waals surface area contributed by atoms with E-state index in [1.807, 2.05) is 59.5 Å². The first-order chi connectivity index (χ1) is 16.7. The second-order valence-corrected chi connectivity index (χ2v) is 8.27. The molecule has 0 saturated carbocycles. The number of hydrogen-bond donors (Lipinski definition) is 2. The molecule has 174 valence electrons. The van der Waals surface area contributed by atoms with Crippen molar-refractivity contribution in [3.63, 3.8) is 0 Å². The summed E-state index contributed by atoms with van der Waals surface area (Å²) in [6, 6.07) is 17.2. The number of carbonyl (C=O) groups is 1. The lowest BCUT2D eigenvalue weighted by atomic mass is 10.1. The molecular weight excluding hydrogens is 430 g/mol. The molecule has 1 amide bonds. The number of carbonyl (C=O) groups excluding carboxylic acids is 1. The number of piperazine rings is 1. The summed E-state index contributed by atoms with van der Waals surface area (Å²) in [6.45, 7) is 4.39. The number of benzene rings is 2. The number of H-pyrrole nitrogens is 1. The Bertz CT molecular complexity index is 1250. The fraction of sp³-hybridized carbons (Fsp3) is 0.280. The van der Waals surface area contributed by atoms with Gasteiger partial charge in [-0.1, -0.05) is 30.3 Å². The summed E-state index contributed by atoms with van der Waals surface area (Å²) in [5.74, 6) is 2.25. The van der Waals surface area contributed by atoms with Gasteiger partial charge < -0.3 is 24.8 Å². The number of fused-ring (bicyclic) bond motifs is 1. The minimum absolute atomic E-state index is 0.0688.